The van der Waals surface area contributed by atoms with Crippen molar-refractivity contribution in [2.75, 3.05) is 0 Å². The normalized spacial score (nSPS) is 9.20. The van der Waals surface area contributed by atoms with E-state index in [-0.39, 0.29) is 32.2 Å². The SMILES string of the molecule is Cc1cc2c(-c3cnc4ccccc4c3)cccc2[cH-]1.Cl.Cl.[CH3-].[Si]=[Zr].[c-]1ccccc1.c1ccc2[cH-]ccc2c1. The van der Waals surface area contributed by atoms with Crippen molar-refractivity contribution in [1.29, 1.82) is 0 Å². The standard InChI is InChI=1S/C19H14N.C9H7.C6H5.CH3.2ClH.Si.Zr/c1-13-9-14-6-4-7-17(18(14)10-13)16-11-15-5-2-3-8-19(15)20-12-16;1-2-5-9-7-3-6-8(9)4-1;1-2-4-6-5-3-1;;;;;/h2-12H,1H3;1-7H;1-5H;1H3;2*1H;;/q4*-1;;;;. The number of hydrogen-bond donors (Lipinski definition) is 0. The predicted molar refractivity (Wildman–Crippen MR) is 176 cm³/mol. The molecule has 0 bridgehead atoms. The van der Waals surface area contributed by atoms with E-state index in [0.717, 1.165) is 5.52 Å². The third-order valence-electron chi connectivity index (χ3n) is 5.95. The van der Waals surface area contributed by atoms with Gasteiger partial charge in [-0.15, -0.1) is 89.0 Å². The number of para-hydroxylation sites is 1. The van der Waals surface area contributed by atoms with Crippen LogP contribution in [0, 0.1) is 20.4 Å². The van der Waals surface area contributed by atoms with Crippen LogP contribution in [0.2, 0.25) is 0 Å². The number of aryl methyl sites for hydroxylation is 1. The second kappa shape index (κ2) is 18.5. The van der Waals surface area contributed by atoms with E-state index in [4.69, 9.17) is 0 Å². The van der Waals surface area contributed by atoms with Gasteiger partial charge >= 0.3 is 30.2 Å². The molecule has 0 saturated heterocycles. The van der Waals surface area contributed by atoms with Gasteiger partial charge in [0.15, 0.2) is 0 Å². The van der Waals surface area contributed by atoms with E-state index in [1.807, 2.05) is 48.7 Å². The monoisotopic (exact) mass is 653 g/mol. The van der Waals surface area contributed by atoms with Gasteiger partial charge in [0.25, 0.3) is 0 Å². The summed E-state index contributed by atoms with van der Waals surface area (Å²) < 4.78 is 0. The zero-order valence-electron chi connectivity index (χ0n) is 22.5. The molecule has 40 heavy (non-hydrogen) atoms. The van der Waals surface area contributed by atoms with Crippen LogP contribution in [0.4, 0.5) is 0 Å². The summed E-state index contributed by atoms with van der Waals surface area (Å²) in [5.74, 6) is 0. The maximum Gasteiger partial charge on any atom is -0.0809 e. The van der Waals surface area contributed by atoms with Crippen LogP contribution in [0.15, 0.2) is 140 Å². The molecule has 7 rings (SSSR count). The maximum absolute atomic E-state index is 4.57. The Kier molecular flexibility index (Phi) is 16.3. The van der Waals surface area contributed by atoms with Crippen LogP contribution < -0.4 is 0 Å². The first-order chi connectivity index (χ1) is 18.3. The number of rotatable bonds is 1. The molecule has 2 radical (unpaired) electrons. The fourth-order valence-electron chi connectivity index (χ4n) is 4.27. The summed E-state index contributed by atoms with van der Waals surface area (Å²) in [6.07, 6.45) is 1.97. The van der Waals surface area contributed by atoms with E-state index in [0.29, 0.717) is 0 Å². The summed E-state index contributed by atoms with van der Waals surface area (Å²) in [5.41, 5.74) is 4.79. The minimum Gasteiger partial charge on any atom is -0.184 e. The number of benzene rings is 4. The molecule has 0 N–H and O–H groups in total. The summed E-state index contributed by atoms with van der Waals surface area (Å²) >= 11 is 1.36. The van der Waals surface area contributed by atoms with Crippen LogP contribution in [0.3, 0.4) is 0 Å². The van der Waals surface area contributed by atoms with Crippen LogP contribution in [-0.2, 0) is 23.3 Å². The van der Waals surface area contributed by atoms with E-state index >= 15 is 0 Å². The zero-order chi connectivity index (χ0) is 25.9. The molecule has 0 aliphatic rings. The summed E-state index contributed by atoms with van der Waals surface area (Å²) in [4.78, 5) is 4.57. The molecule has 1 aromatic heterocycles. The average molecular weight is 656 g/mol. The number of pyridine rings is 1. The first-order valence-corrected chi connectivity index (χ1v) is 16.2. The van der Waals surface area contributed by atoms with Crippen molar-refractivity contribution in [2.45, 2.75) is 6.92 Å². The molecule has 0 aliphatic carbocycles. The number of aromatic nitrogens is 1. The van der Waals surface area contributed by atoms with Gasteiger partial charge < -0.3 is 7.43 Å². The fraction of sp³-hybridized carbons (Fsp3) is 0.0286. The number of nitrogens with zero attached hydrogens (tertiary/aromatic N) is 1. The van der Waals surface area contributed by atoms with Crippen molar-refractivity contribution in [2.24, 2.45) is 0 Å². The van der Waals surface area contributed by atoms with Gasteiger partial charge in [0.1, 0.15) is 0 Å². The molecule has 0 atom stereocenters. The van der Waals surface area contributed by atoms with E-state index in [9.17, 15) is 0 Å². The Balaban J connectivity index is 0.000000335. The second-order valence-corrected chi connectivity index (χ2v) is 8.49. The van der Waals surface area contributed by atoms with E-state index < -0.39 is 0 Å². The molecule has 1 nitrogen and oxygen atoms in total. The van der Waals surface area contributed by atoms with Crippen molar-refractivity contribution < 1.29 is 23.3 Å². The topological polar surface area (TPSA) is 12.9 Å². The van der Waals surface area contributed by atoms with Crippen LogP contribution in [0.25, 0.3) is 43.6 Å². The van der Waals surface area contributed by atoms with Crippen molar-refractivity contribution in [3.8, 4) is 11.1 Å². The first kappa shape index (κ1) is 35.2. The third kappa shape index (κ3) is 9.39. The van der Waals surface area contributed by atoms with E-state index in [1.54, 1.807) is 0 Å². The van der Waals surface area contributed by atoms with Gasteiger partial charge in [0.05, 0.1) is 5.52 Å². The van der Waals surface area contributed by atoms with Gasteiger partial charge in [-0.2, -0.15) is 60.0 Å². The Labute approximate surface area is 267 Å². The van der Waals surface area contributed by atoms with Crippen LogP contribution in [0.1, 0.15) is 5.56 Å². The molecular weight excluding hydrogens is 625 g/mol. The number of hydrogen-bond acceptors (Lipinski definition) is 1. The van der Waals surface area contributed by atoms with Crippen molar-refractivity contribution in [1.82, 2.24) is 4.98 Å². The molecule has 0 aliphatic heterocycles. The molecule has 7 aromatic rings. The fourth-order valence-corrected chi connectivity index (χ4v) is 4.27. The van der Waals surface area contributed by atoms with Gasteiger partial charge in [-0.3, -0.25) is 4.98 Å². The van der Waals surface area contributed by atoms with Crippen molar-refractivity contribution in [3.63, 3.8) is 0 Å². The van der Waals surface area contributed by atoms with E-state index in [1.165, 1.54) is 67.0 Å². The Morgan fingerprint density at radius 3 is 2.08 bits per heavy atom. The van der Waals surface area contributed by atoms with Crippen LogP contribution in [-0.4, -0.2) is 11.9 Å². The zero-order valence-corrected chi connectivity index (χ0v) is 27.6. The molecular formula is C35H31Cl2NSiZr-4. The van der Waals surface area contributed by atoms with Gasteiger partial charge in [0.2, 0.25) is 0 Å². The van der Waals surface area contributed by atoms with Crippen LogP contribution in [0.5, 0.6) is 0 Å². The average Bonchev–Trinajstić information content (AvgIpc) is 3.61. The summed E-state index contributed by atoms with van der Waals surface area (Å²) in [7, 11) is 0. The largest absolute Gasteiger partial charge is 0.184 e. The summed E-state index contributed by atoms with van der Waals surface area (Å²) in [6, 6.07) is 48.6. The van der Waals surface area contributed by atoms with Gasteiger partial charge in [-0.25, -0.2) is 0 Å². The molecule has 0 saturated carbocycles. The molecule has 6 aromatic carbocycles. The predicted octanol–water partition coefficient (Wildman–Crippen LogP) is 10.0. The van der Waals surface area contributed by atoms with Gasteiger partial charge in [-0.05, 0) is 17.7 Å². The number of fused-ring (bicyclic) bond motifs is 3. The Morgan fingerprint density at radius 2 is 1.40 bits per heavy atom. The molecule has 202 valence electrons. The second-order valence-electron chi connectivity index (χ2n) is 8.49. The summed E-state index contributed by atoms with van der Waals surface area (Å²) in [6.45, 7) is 5.20. The molecule has 0 fully saturated rings. The number of halogens is 2. The quantitative estimate of drug-likeness (QED) is 0.127. The van der Waals surface area contributed by atoms with Crippen molar-refractivity contribution >= 4 is 64.1 Å². The maximum atomic E-state index is 4.57. The molecule has 1 heterocycles. The minimum absolute atomic E-state index is 0. The van der Waals surface area contributed by atoms with Gasteiger partial charge in [-0.1, -0.05) is 42.8 Å². The molecule has 5 heteroatoms. The molecule has 0 spiro atoms. The van der Waals surface area contributed by atoms with Crippen molar-refractivity contribution in [3.05, 3.63) is 159 Å². The third-order valence-corrected chi connectivity index (χ3v) is 5.95. The van der Waals surface area contributed by atoms with Gasteiger partial charge in [0, 0.05) is 11.6 Å². The molecule has 0 unspecified atom stereocenters. The van der Waals surface area contributed by atoms with E-state index in [2.05, 4.69) is 116 Å². The minimum atomic E-state index is 0. The summed E-state index contributed by atoms with van der Waals surface area (Å²) in [5, 5.41) is 6.45. The Morgan fingerprint density at radius 1 is 0.725 bits per heavy atom. The Bertz CT molecular complexity index is 1640. The first-order valence-electron chi connectivity index (χ1n) is 12.1. The molecule has 0 amide bonds. The Hall–Kier alpha value is -2.81. The smallest absolute Gasteiger partial charge is 0.0809 e. The van der Waals surface area contributed by atoms with Crippen LogP contribution >= 0.6 is 24.8 Å².